The van der Waals surface area contributed by atoms with Gasteiger partial charge in [0.05, 0.1) is 0 Å². The highest BCUT2D eigenvalue weighted by Crippen LogP contribution is 1.78. The van der Waals surface area contributed by atoms with Crippen LogP contribution in [0.4, 0.5) is 0 Å². The maximum Gasteiger partial charge on any atom is 0.286 e. The monoisotopic (exact) mass is 97.1 g/mol. The molecule has 0 fully saturated rings. The van der Waals surface area contributed by atoms with Gasteiger partial charge in [0.15, 0.2) is 0 Å². The molecule has 0 aliphatic heterocycles. The van der Waals surface area contributed by atoms with Gasteiger partial charge in [0.1, 0.15) is 6.61 Å². The van der Waals surface area contributed by atoms with Crippen molar-refractivity contribution in [1.82, 2.24) is 0 Å². The predicted molar refractivity (Wildman–Crippen MR) is 26.4 cm³/mol. The van der Waals surface area contributed by atoms with E-state index in [1.54, 1.807) is 12.3 Å². The molecule has 0 rings (SSSR count). The zero-order chi connectivity index (χ0) is 5.54. The van der Waals surface area contributed by atoms with Crippen molar-refractivity contribution in [3.8, 4) is 6.26 Å². The van der Waals surface area contributed by atoms with Crippen LogP contribution in [0.2, 0.25) is 0 Å². The Bertz CT molecular complexity index is 82.6. The molecule has 0 amide bonds. The number of rotatable bonds is 3. The summed E-state index contributed by atoms with van der Waals surface area (Å²) in [4.78, 5) is 0. The van der Waals surface area contributed by atoms with Crippen molar-refractivity contribution >= 4 is 0 Å². The van der Waals surface area contributed by atoms with E-state index in [1.807, 2.05) is 0 Å². The average Bonchev–Trinajstić information content (AvgIpc) is 1.69. The van der Waals surface area contributed by atoms with E-state index in [1.165, 1.54) is 0 Å². The molecule has 0 unspecified atom stereocenters. The molecule has 0 aromatic carbocycles. The van der Waals surface area contributed by atoms with E-state index >= 15 is 0 Å². The van der Waals surface area contributed by atoms with Gasteiger partial charge in [-0.3, -0.25) is 0 Å². The fraction of sp³-hybridized carbons (Fsp3) is 0.400. The van der Waals surface area contributed by atoms with E-state index in [0.717, 1.165) is 6.42 Å². The molecule has 0 aromatic rings. The highest BCUT2D eigenvalue weighted by Gasteiger charge is 1.74. The van der Waals surface area contributed by atoms with Gasteiger partial charge in [0.2, 0.25) is 0 Å². The first-order chi connectivity index (χ1) is 3.41. The summed E-state index contributed by atoms with van der Waals surface area (Å²) in [5.74, 6) is 0. The van der Waals surface area contributed by atoms with Crippen LogP contribution in [-0.4, -0.2) is 6.61 Å². The smallest absolute Gasteiger partial charge is 0.286 e. The Morgan fingerprint density at radius 2 is 2.57 bits per heavy atom. The van der Waals surface area contributed by atoms with Gasteiger partial charge in [-0.2, -0.15) is 5.26 Å². The molecule has 7 heavy (non-hydrogen) atoms. The van der Waals surface area contributed by atoms with Gasteiger partial charge in [0.25, 0.3) is 6.26 Å². The Morgan fingerprint density at radius 3 is 3.00 bits per heavy atom. The summed E-state index contributed by atoms with van der Waals surface area (Å²) in [6.45, 7) is 3.90. The lowest BCUT2D eigenvalue weighted by Gasteiger charge is -1.85. The molecule has 0 aromatic heterocycles. The largest absolute Gasteiger partial charge is 0.427 e. The SMILES string of the molecule is C=CCCOC#N. The number of nitriles is 1. The fourth-order valence-corrected chi connectivity index (χ4v) is 0.188. The number of ether oxygens (including phenoxy) is 1. The quantitative estimate of drug-likeness (QED) is 0.299. The first-order valence-electron chi connectivity index (χ1n) is 2.03. The first-order valence-corrected chi connectivity index (χ1v) is 2.03. The standard InChI is InChI=1S/C5H7NO/c1-2-3-4-7-5-6/h2H,1,3-4H2. The minimum Gasteiger partial charge on any atom is -0.427 e. The van der Waals surface area contributed by atoms with E-state index in [2.05, 4.69) is 11.3 Å². The summed E-state index contributed by atoms with van der Waals surface area (Å²) in [7, 11) is 0. The summed E-state index contributed by atoms with van der Waals surface area (Å²) in [5, 5.41) is 7.79. The maximum atomic E-state index is 7.79. The van der Waals surface area contributed by atoms with Crippen LogP contribution in [0.25, 0.3) is 0 Å². The molecular weight excluding hydrogens is 90.1 g/mol. The highest BCUT2D eigenvalue weighted by molar-refractivity contribution is 4.65. The van der Waals surface area contributed by atoms with Crippen LogP contribution >= 0.6 is 0 Å². The Balaban J connectivity index is 2.72. The molecule has 0 spiro atoms. The third kappa shape index (κ3) is 5.03. The molecule has 0 aliphatic rings. The van der Waals surface area contributed by atoms with Crippen LogP contribution in [0.15, 0.2) is 12.7 Å². The van der Waals surface area contributed by atoms with Gasteiger partial charge in [-0.1, -0.05) is 6.08 Å². The lowest BCUT2D eigenvalue weighted by atomic mass is 10.5. The summed E-state index contributed by atoms with van der Waals surface area (Å²) >= 11 is 0. The molecule has 0 heterocycles. The molecule has 2 heteroatoms. The fourth-order valence-electron chi connectivity index (χ4n) is 0.188. The Morgan fingerprint density at radius 1 is 1.86 bits per heavy atom. The first kappa shape index (κ1) is 6.03. The van der Waals surface area contributed by atoms with E-state index in [4.69, 9.17) is 5.26 Å². The van der Waals surface area contributed by atoms with Crippen LogP contribution in [-0.2, 0) is 4.74 Å². The molecule has 38 valence electrons. The van der Waals surface area contributed by atoms with Crippen LogP contribution in [0.1, 0.15) is 6.42 Å². The number of nitrogens with zero attached hydrogens (tertiary/aromatic N) is 1. The second-order valence-electron chi connectivity index (χ2n) is 1.02. The molecule has 0 atom stereocenters. The van der Waals surface area contributed by atoms with Crippen molar-refractivity contribution in [1.29, 1.82) is 5.26 Å². The maximum absolute atomic E-state index is 7.79. The van der Waals surface area contributed by atoms with Crippen LogP contribution in [0, 0.1) is 11.5 Å². The summed E-state index contributed by atoms with van der Waals surface area (Å²) in [5.41, 5.74) is 0. The molecular formula is C5H7NO. The molecule has 2 nitrogen and oxygen atoms in total. The van der Waals surface area contributed by atoms with Crippen LogP contribution in [0.5, 0.6) is 0 Å². The van der Waals surface area contributed by atoms with Crippen molar-refractivity contribution in [2.75, 3.05) is 6.61 Å². The lowest BCUT2D eigenvalue weighted by molar-refractivity contribution is 0.277. The summed E-state index contributed by atoms with van der Waals surface area (Å²) in [6, 6.07) is 0. The van der Waals surface area contributed by atoms with Gasteiger partial charge >= 0.3 is 0 Å². The van der Waals surface area contributed by atoms with Crippen molar-refractivity contribution in [3.05, 3.63) is 12.7 Å². The predicted octanol–water partition coefficient (Wildman–Crippen LogP) is 1.06. The van der Waals surface area contributed by atoms with E-state index in [-0.39, 0.29) is 0 Å². The number of hydrogen-bond acceptors (Lipinski definition) is 2. The average molecular weight is 97.1 g/mol. The van der Waals surface area contributed by atoms with Gasteiger partial charge < -0.3 is 4.74 Å². The molecule has 0 saturated carbocycles. The van der Waals surface area contributed by atoms with Gasteiger partial charge in [-0.15, -0.1) is 6.58 Å². The third-order valence-corrected chi connectivity index (χ3v) is 0.489. The topological polar surface area (TPSA) is 33.0 Å². The second-order valence-corrected chi connectivity index (χ2v) is 1.02. The van der Waals surface area contributed by atoms with Crippen molar-refractivity contribution in [2.24, 2.45) is 0 Å². The van der Waals surface area contributed by atoms with Gasteiger partial charge in [-0.25, -0.2) is 0 Å². The zero-order valence-electron chi connectivity index (χ0n) is 4.05. The van der Waals surface area contributed by atoms with Crippen molar-refractivity contribution in [2.45, 2.75) is 6.42 Å². The summed E-state index contributed by atoms with van der Waals surface area (Å²) in [6.07, 6.45) is 4.00. The highest BCUT2D eigenvalue weighted by atomic mass is 16.5. The second kappa shape index (κ2) is 5.03. The minimum atomic E-state index is 0.458. The van der Waals surface area contributed by atoms with Gasteiger partial charge in [0, 0.05) is 6.42 Å². The molecule has 0 saturated heterocycles. The van der Waals surface area contributed by atoms with Crippen LogP contribution in [0.3, 0.4) is 0 Å². The number of hydrogen-bond donors (Lipinski definition) is 0. The zero-order valence-corrected chi connectivity index (χ0v) is 4.05. The van der Waals surface area contributed by atoms with Crippen molar-refractivity contribution < 1.29 is 4.74 Å². The van der Waals surface area contributed by atoms with E-state index < -0.39 is 0 Å². The van der Waals surface area contributed by atoms with Crippen LogP contribution < -0.4 is 0 Å². The van der Waals surface area contributed by atoms with E-state index in [0.29, 0.717) is 6.61 Å². The minimum absolute atomic E-state index is 0.458. The molecule has 0 aliphatic carbocycles. The Hall–Kier alpha value is -0.970. The lowest BCUT2D eigenvalue weighted by Crippen LogP contribution is -1.81. The Labute approximate surface area is 43.0 Å². The third-order valence-electron chi connectivity index (χ3n) is 0.489. The van der Waals surface area contributed by atoms with Crippen molar-refractivity contribution in [3.63, 3.8) is 0 Å². The summed E-state index contributed by atoms with van der Waals surface area (Å²) < 4.78 is 4.31. The molecule has 0 N–H and O–H groups in total. The molecule has 0 radical (unpaired) electrons. The normalized spacial score (nSPS) is 6.71. The van der Waals surface area contributed by atoms with Gasteiger partial charge in [-0.05, 0) is 0 Å². The molecule has 0 bridgehead atoms. The Kier molecular flexibility index (Phi) is 4.33. The van der Waals surface area contributed by atoms with E-state index in [9.17, 15) is 0 Å².